The Bertz CT molecular complexity index is 726. The lowest BCUT2D eigenvalue weighted by Gasteiger charge is -2.18. The summed E-state index contributed by atoms with van der Waals surface area (Å²) in [7, 11) is 0. The second kappa shape index (κ2) is 5.89. The summed E-state index contributed by atoms with van der Waals surface area (Å²) in [5.74, 6) is 1.77. The van der Waals surface area contributed by atoms with E-state index < -0.39 is 0 Å². The third-order valence-corrected chi connectivity index (χ3v) is 3.67. The Hall–Kier alpha value is -2.60. The third kappa shape index (κ3) is 3.12. The first-order chi connectivity index (χ1) is 11.0. The molecular formula is C17H19N3O3. The van der Waals surface area contributed by atoms with Crippen LogP contribution < -0.4 is 20.5 Å². The van der Waals surface area contributed by atoms with E-state index in [-0.39, 0.29) is 17.9 Å². The number of rotatable bonds is 4. The maximum absolute atomic E-state index is 11.2. The van der Waals surface area contributed by atoms with E-state index in [0.29, 0.717) is 18.2 Å². The van der Waals surface area contributed by atoms with Crippen LogP contribution in [0.25, 0.3) is 0 Å². The molecule has 3 rings (SSSR count). The van der Waals surface area contributed by atoms with E-state index in [9.17, 15) is 4.79 Å². The molecule has 0 atom stereocenters. The number of carbonyl (C=O) groups excluding carboxylic acids is 1. The zero-order valence-corrected chi connectivity index (χ0v) is 13.1. The van der Waals surface area contributed by atoms with Gasteiger partial charge in [0.1, 0.15) is 11.5 Å². The molecule has 6 nitrogen and oxygen atoms in total. The van der Waals surface area contributed by atoms with Crippen LogP contribution in [0.3, 0.4) is 0 Å². The van der Waals surface area contributed by atoms with Crippen molar-refractivity contribution in [1.82, 2.24) is 4.98 Å². The molecule has 0 saturated heterocycles. The molecular weight excluding hydrogens is 294 g/mol. The molecule has 3 N–H and O–H groups in total. The van der Waals surface area contributed by atoms with Gasteiger partial charge in [0.2, 0.25) is 11.8 Å². The molecule has 0 saturated carbocycles. The molecule has 2 heterocycles. The predicted molar refractivity (Wildman–Crippen MR) is 87.0 cm³/mol. The van der Waals surface area contributed by atoms with E-state index in [1.807, 2.05) is 18.2 Å². The van der Waals surface area contributed by atoms with E-state index in [0.717, 1.165) is 17.1 Å². The first kappa shape index (κ1) is 15.3. The van der Waals surface area contributed by atoms with Crippen LogP contribution in [0.1, 0.15) is 19.4 Å². The second-order valence-electron chi connectivity index (χ2n) is 6.04. The van der Waals surface area contributed by atoms with Crippen LogP contribution in [0.4, 0.5) is 5.69 Å². The van der Waals surface area contributed by atoms with Crippen LogP contribution >= 0.6 is 0 Å². The monoisotopic (exact) mass is 313 g/mol. The van der Waals surface area contributed by atoms with Gasteiger partial charge in [-0.2, -0.15) is 0 Å². The number of pyridine rings is 1. The van der Waals surface area contributed by atoms with Crippen molar-refractivity contribution in [1.29, 1.82) is 0 Å². The Morgan fingerprint density at radius 2 is 2.22 bits per heavy atom. The van der Waals surface area contributed by atoms with Crippen LogP contribution in [0.2, 0.25) is 0 Å². The molecule has 6 heteroatoms. The van der Waals surface area contributed by atoms with Crippen molar-refractivity contribution < 1.29 is 14.3 Å². The first-order valence-corrected chi connectivity index (χ1v) is 7.40. The fourth-order valence-corrected chi connectivity index (χ4v) is 2.55. The third-order valence-electron chi connectivity index (χ3n) is 3.67. The summed E-state index contributed by atoms with van der Waals surface area (Å²) in [4.78, 5) is 15.5. The number of amides is 1. The average molecular weight is 313 g/mol. The van der Waals surface area contributed by atoms with E-state index in [2.05, 4.69) is 24.1 Å². The number of aromatic nitrogens is 1. The van der Waals surface area contributed by atoms with Gasteiger partial charge in [-0.15, -0.1) is 0 Å². The van der Waals surface area contributed by atoms with E-state index in [1.54, 1.807) is 12.1 Å². The second-order valence-corrected chi connectivity index (χ2v) is 6.04. The van der Waals surface area contributed by atoms with E-state index in [4.69, 9.17) is 15.2 Å². The molecule has 0 radical (unpaired) electrons. The Morgan fingerprint density at radius 3 is 2.91 bits per heavy atom. The number of hydrogen-bond acceptors (Lipinski definition) is 5. The maximum atomic E-state index is 11.2. The number of nitrogens with zero attached hydrogens (tertiary/aromatic N) is 1. The van der Waals surface area contributed by atoms with Gasteiger partial charge in [-0.25, -0.2) is 4.98 Å². The molecule has 1 aromatic heterocycles. The summed E-state index contributed by atoms with van der Waals surface area (Å²) in [6.07, 6.45) is 1.54. The predicted octanol–water partition coefficient (Wildman–Crippen LogP) is 2.44. The molecule has 2 aromatic rings. The summed E-state index contributed by atoms with van der Waals surface area (Å²) in [6.45, 7) is 4.79. The summed E-state index contributed by atoms with van der Waals surface area (Å²) < 4.78 is 11.6. The number of benzene rings is 1. The molecule has 23 heavy (non-hydrogen) atoms. The summed E-state index contributed by atoms with van der Waals surface area (Å²) in [5, 5.41) is 2.64. The topological polar surface area (TPSA) is 86.5 Å². The minimum Gasteiger partial charge on any atom is -0.492 e. The average Bonchev–Trinajstić information content (AvgIpc) is 2.85. The largest absolute Gasteiger partial charge is 0.492 e. The molecule has 0 fully saturated rings. The maximum Gasteiger partial charge on any atom is 0.238 e. The zero-order valence-electron chi connectivity index (χ0n) is 13.1. The van der Waals surface area contributed by atoms with Gasteiger partial charge in [-0.05, 0) is 18.2 Å². The van der Waals surface area contributed by atoms with Crippen molar-refractivity contribution in [3.63, 3.8) is 0 Å². The van der Waals surface area contributed by atoms with Gasteiger partial charge in [0.15, 0.2) is 0 Å². The van der Waals surface area contributed by atoms with Crippen molar-refractivity contribution in [2.24, 2.45) is 5.73 Å². The number of anilines is 1. The highest BCUT2D eigenvalue weighted by atomic mass is 16.5. The lowest BCUT2D eigenvalue weighted by atomic mass is 9.86. The number of fused-ring (bicyclic) bond motifs is 1. The molecule has 1 aromatic carbocycles. The van der Waals surface area contributed by atoms with Gasteiger partial charge in [0.05, 0.1) is 25.0 Å². The Morgan fingerprint density at radius 1 is 1.39 bits per heavy atom. The van der Waals surface area contributed by atoms with Gasteiger partial charge in [-0.1, -0.05) is 19.9 Å². The Kier molecular flexibility index (Phi) is 3.92. The minimum atomic E-state index is -0.264. The molecule has 0 unspecified atom stereocenters. The first-order valence-electron chi connectivity index (χ1n) is 7.40. The highest BCUT2D eigenvalue weighted by Crippen LogP contribution is 2.45. The van der Waals surface area contributed by atoms with Crippen molar-refractivity contribution in [2.75, 3.05) is 18.5 Å². The fraction of sp³-hybridized carbons (Fsp3) is 0.294. The number of hydrogen-bond donors (Lipinski definition) is 2. The van der Waals surface area contributed by atoms with E-state index >= 15 is 0 Å². The smallest absolute Gasteiger partial charge is 0.238 e. The lowest BCUT2D eigenvalue weighted by molar-refractivity contribution is -0.114. The standard InChI is InChI=1S/C17H19N3O3/c1-17(2)10-22-12-4-3-5-13(16(12)17)23-15-7-6-11(9-19-15)20-14(21)8-18/h3-7,9H,8,10,18H2,1-2H3,(H,20,21). The molecule has 1 aliphatic rings. The Labute approximate surface area is 134 Å². The molecule has 0 aliphatic carbocycles. The minimum absolute atomic E-state index is 0.0660. The number of ether oxygens (including phenoxy) is 2. The van der Waals surface area contributed by atoms with Gasteiger partial charge in [-0.3, -0.25) is 4.79 Å². The van der Waals surface area contributed by atoms with Crippen molar-refractivity contribution in [3.05, 3.63) is 42.1 Å². The lowest BCUT2D eigenvalue weighted by Crippen LogP contribution is -2.21. The van der Waals surface area contributed by atoms with Crippen LogP contribution in [-0.4, -0.2) is 24.0 Å². The fourth-order valence-electron chi connectivity index (χ4n) is 2.55. The van der Waals surface area contributed by atoms with Crippen molar-refractivity contribution in [2.45, 2.75) is 19.3 Å². The van der Waals surface area contributed by atoms with Crippen molar-refractivity contribution in [3.8, 4) is 17.4 Å². The van der Waals surface area contributed by atoms with Gasteiger partial charge in [0, 0.05) is 17.0 Å². The summed E-state index contributed by atoms with van der Waals surface area (Å²) in [5.41, 5.74) is 6.77. The number of nitrogens with two attached hydrogens (primary N) is 1. The highest BCUT2D eigenvalue weighted by molar-refractivity contribution is 5.91. The number of carbonyl (C=O) groups is 1. The van der Waals surface area contributed by atoms with Gasteiger partial charge >= 0.3 is 0 Å². The van der Waals surface area contributed by atoms with Crippen molar-refractivity contribution >= 4 is 11.6 Å². The molecule has 0 bridgehead atoms. The van der Waals surface area contributed by atoms with E-state index in [1.165, 1.54) is 6.20 Å². The highest BCUT2D eigenvalue weighted by Gasteiger charge is 2.35. The van der Waals surface area contributed by atoms with Crippen LogP contribution in [0.5, 0.6) is 17.4 Å². The quantitative estimate of drug-likeness (QED) is 0.905. The number of nitrogens with one attached hydrogen (secondary N) is 1. The van der Waals surface area contributed by atoms with Gasteiger partial charge in [0.25, 0.3) is 0 Å². The molecule has 120 valence electrons. The normalized spacial score (nSPS) is 14.7. The molecule has 1 amide bonds. The van der Waals surface area contributed by atoms with Crippen LogP contribution in [0.15, 0.2) is 36.5 Å². The summed E-state index contributed by atoms with van der Waals surface area (Å²) >= 11 is 0. The zero-order chi connectivity index (χ0) is 16.4. The van der Waals surface area contributed by atoms with Crippen LogP contribution in [-0.2, 0) is 10.2 Å². The molecule has 1 aliphatic heterocycles. The molecule has 0 spiro atoms. The SMILES string of the molecule is CC1(C)COc2cccc(Oc3ccc(NC(=O)CN)cn3)c21. The summed E-state index contributed by atoms with van der Waals surface area (Å²) in [6, 6.07) is 9.16. The Balaban J connectivity index is 1.81. The van der Waals surface area contributed by atoms with Gasteiger partial charge < -0.3 is 20.5 Å². The van der Waals surface area contributed by atoms with Crippen LogP contribution in [0, 0.1) is 0 Å².